The summed E-state index contributed by atoms with van der Waals surface area (Å²) in [4.78, 5) is 0. The Kier molecular flexibility index (Phi) is 10.3. The minimum absolute atomic E-state index is 0. The zero-order chi connectivity index (χ0) is 22.4. The molecule has 4 heteroatoms. The molecule has 0 spiro atoms. The van der Waals surface area contributed by atoms with E-state index in [9.17, 15) is 0 Å². The topological polar surface area (TPSA) is 0 Å². The molecule has 0 N–H and O–H groups in total. The normalized spacial score (nSPS) is 15.8. The predicted octanol–water partition coefficient (Wildman–Crippen LogP) is 2.53. The molecule has 0 saturated heterocycles. The Morgan fingerprint density at radius 1 is 0.875 bits per heavy atom. The molecule has 0 saturated carbocycles. The van der Waals surface area contributed by atoms with E-state index in [1.807, 2.05) is 0 Å². The second-order valence-corrected chi connectivity index (χ2v) is 24.4. The first-order valence-electron chi connectivity index (χ1n) is 11.4. The Morgan fingerprint density at radius 3 is 1.84 bits per heavy atom. The second kappa shape index (κ2) is 11.1. The molecule has 0 fully saturated rings. The smallest absolute Gasteiger partial charge is 1.00 e. The Bertz CT molecular complexity index is 946. The van der Waals surface area contributed by atoms with E-state index >= 15 is 0 Å². The molecule has 2 aromatic carbocycles. The fourth-order valence-corrected chi connectivity index (χ4v) is 13.8. The first-order valence-corrected chi connectivity index (χ1v) is 19.0. The molecule has 32 heavy (non-hydrogen) atoms. The van der Waals surface area contributed by atoms with Crippen molar-refractivity contribution >= 4 is 11.5 Å². The van der Waals surface area contributed by atoms with Crippen LogP contribution in [0, 0.1) is 0 Å². The molecule has 1 unspecified atom stereocenters. The molecule has 1 radical (unpaired) electrons. The van der Waals surface area contributed by atoms with E-state index in [2.05, 4.69) is 105 Å². The number of allylic oxidation sites excluding steroid dienone is 2. The van der Waals surface area contributed by atoms with E-state index in [0.717, 1.165) is 3.63 Å². The van der Waals surface area contributed by atoms with Crippen LogP contribution in [0.25, 0.3) is 16.7 Å². The van der Waals surface area contributed by atoms with Crippen LogP contribution in [-0.4, -0.2) is 5.92 Å². The average molecular weight is 566 g/mol. The van der Waals surface area contributed by atoms with Gasteiger partial charge in [0.05, 0.1) is 0 Å². The van der Waals surface area contributed by atoms with Crippen molar-refractivity contribution in [3.8, 4) is 11.1 Å². The van der Waals surface area contributed by atoms with Crippen LogP contribution in [0.15, 0.2) is 42.0 Å². The van der Waals surface area contributed by atoms with Gasteiger partial charge in [-0.25, -0.2) is 0 Å². The maximum absolute atomic E-state index is 2.53. The Balaban J connectivity index is 0.00000256. The van der Waals surface area contributed by atoms with Gasteiger partial charge in [0.25, 0.3) is 0 Å². The number of rotatable bonds is 4. The van der Waals surface area contributed by atoms with E-state index in [0.29, 0.717) is 0 Å². The molecule has 2 aromatic rings. The van der Waals surface area contributed by atoms with Crippen LogP contribution in [-0.2, 0) is 33.2 Å². The Morgan fingerprint density at radius 2 is 1.41 bits per heavy atom. The maximum Gasteiger partial charge on any atom is -1.00 e. The standard InChI is InChI=1S/C26H33.C2H6Si.2ClH.Zr/c1-9-18-13-19-11-10-12-23(24(19)17(18)2)20-14-21(25(3,4)5)16-22(15-20)26(6,7)8;1-3-2;;;/h10-16H,9H2,1-8H3;1-2H3;2*1H;/q;;;;+2/p-2. The molecular weight excluding hydrogens is 527 g/mol. The van der Waals surface area contributed by atoms with Gasteiger partial charge in [-0.2, -0.15) is 0 Å². The third kappa shape index (κ3) is 6.10. The molecule has 0 aliphatic heterocycles. The number of hydrogen-bond acceptors (Lipinski definition) is 0. The second-order valence-electron chi connectivity index (χ2n) is 11.1. The molecule has 0 aromatic heterocycles. The summed E-state index contributed by atoms with van der Waals surface area (Å²) >= 11 is -0.410. The summed E-state index contributed by atoms with van der Waals surface area (Å²) in [5.41, 5.74) is 12.6. The van der Waals surface area contributed by atoms with Gasteiger partial charge in [0.15, 0.2) is 0 Å². The van der Waals surface area contributed by atoms with Gasteiger partial charge in [0.2, 0.25) is 0 Å². The summed E-state index contributed by atoms with van der Waals surface area (Å²) in [6, 6.07) is 14.5. The van der Waals surface area contributed by atoms with Crippen molar-refractivity contribution in [2.45, 2.75) is 89.4 Å². The quantitative estimate of drug-likeness (QED) is 0.500. The van der Waals surface area contributed by atoms with Crippen molar-refractivity contribution in [2.75, 3.05) is 0 Å². The number of benzene rings is 2. The van der Waals surface area contributed by atoms with Crippen molar-refractivity contribution < 1.29 is 47.2 Å². The first-order chi connectivity index (χ1) is 13.8. The van der Waals surface area contributed by atoms with Crippen molar-refractivity contribution in [1.82, 2.24) is 0 Å². The third-order valence-electron chi connectivity index (χ3n) is 6.40. The van der Waals surface area contributed by atoms with Gasteiger partial charge in [0, 0.05) is 0 Å². The molecule has 173 valence electrons. The SMILES string of the molecule is CCC1=C(C)c2c(-c3cc(C(C)(C)C)cc(C(C)(C)C)c3)cccc2[CH]1[Zr+2][Si](C)C.[Cl-].[Cl-]. The average Bonchev–Trinajstić information content (AvgIpc) is 2.91. The summed E-state index contributed by atoms with van der Waals surface area (Å²) in [5, 5.41) is 0. The molecule has 1 atom stereocenters. The minimum atomic E-state index is -0.410. The van der Waals surface area contributed by atoms with Crippen LogP contribution in [0.5, 0.6) is 0 Å². The molecule has 1 aliphatic carbocycles. The summed E-state index contributed by atoms with van der Waals surface area (Å²) in [6.07, 6.45) is 1.20. The van der Waals surface area contributed by atoms with Gasteiger partial charge in [0.1, 0.15) is 0 Å². The van der Waals surface area contributed by atoms with E-state index < -0.39 is 22.4 Å². The molecule has 0 bridgehead atoms. The molecular formula is C28H39Cl2SiZr. The van der Waals surface area contributed by atoms with Crippen LogP contribution in [0.1, 0.15) is 87.7 Å². The predicted molar refractivity (Wildman–Crippen MR) is 132 cm³/mol. The number of fused-ring (bicyclic) bond motifs is 1. The van der Waals surface area contributed by atoms with Crippen molar-refractivity contribution in [2.24, 2.45) is 0 Å². The van der Waals surface area contributed by atoms with Gasteiger partial charge in [-0.3, -0.25) is 0 Å². The fourth-order valence-electron chi connectivity index (χ4n) is 4.61. The Labute approximate surface area is 222 Å². The van der Waals surface area contributed by atoms with Gasteiger partial charge >= 0.3 is 199 Å². The van der Waals surface area contributed by atoms with E-state index in [4.69, 9.17) is 0 Å². The first kappa shape index (κ1) is 29.9. The van der Waals surface area contributed by atoms with Crippen LogP contribution >= 0.6 is 0 Å². The van der Waals surface area contributed by atoms with Gasteiger partial charge < -0.3 is 24.8 Å². The van der Waals surface area contributed by atoms with Crippen LogP contribution < -0.4 is 24.8 Å². The molecule has 0 heterocycles. The minimum Gasteiger partial charge on any atom is -1.00 e. The van der Waals surface area contributed by atoms with Crippen molar-refractivity contribution in [3.63, 3.8) is 0 Å². The van der Waals surface area contributed by atoms with E-state index in [1.54, 1.807) is 22.3 Å². The van der Waals surface area contributed by atoms with Crippen molar-refractivity contribution in [3.05, 3.63) is 64.2 Å². The molecule has 0 nitrogen and oxygen atoms in total. The van der Waals surface area contributed by atoms with Gasteiger partial charge in [-0.05, 0) is 0 Å². The van der Waals surface area contributed by atoms with Gasteiger partial charge in [-0.15, -0.1) is 0 Å². The monoisotopic (exact) mass is 563 g/mol. The Hall–Kier alpha value is -0.140. The van der Waals surface area contributed by atoms with Crippen LogP contribution in [0.3, 0.4) is 0 Å². The van der Waals surface area contributed by atoms with Gasteiger partial charge in [-0.1, -0.05) is 0 Å². The maximum atomic E-state index is 2.53. The van der Waals surface area contributed by atoms with E-state index in [-0.39, 0.29) is 41.6 Å². The van der Waals surface area contributed by atoms with Crippen LogP contribution in [0.2, 0.25) is 13.1 Å². The largest absolute Gasteiger partial charge is 1.00 e. The van der Waals surface area contributed by atoms with E-state index in [1.165, 1.54) is 28.7 Å². The number of hydrogen-bond donors (Lipinski definition) is 0. The zero-order valence-corrected chi connectivity index (χ0v) is 26.5. The number of halogens is 2. The summed E-state index contributed by atoms with van der Waals surface area (Å²) < 4.78 is 0.797. The molecule has 1 aliphatic rings. The summed E-state index contributed by atoms with van der Waals surface area (Å²) in [5.74, 6) is -0.117. The fraction of sp³-hybridized carbons (Fsp3) is 0.500. The molecule has 0 amide bonds. The summed E-state index contributed by atoms with van der Waals surface area (Å²) in [7, 11) is 0. The summed E-state index contributed by atoms with van der Waals surface area (Å²) in [6.45, 7) is 23.8. The van der Waals surface area contributed by atoms with Crippen molar-refractivity contribution in [1.29, 1.82) is 0 Å². The zero-order valence-electron chi connectivity index (χ0n) is 21.5. The van der Waals surface area contributed by atoms with Crippen LogP contribution in [0.4, 0.5) is 0 Å². The molecule has 3 rings (SSSR count). The third-order valence-corrected chi connectivity index (χ3v) is 15.3.